The molecule has 164 valence electrons. The zero-order valence-electron chi connectivity index (χ0n) is 18.9. The average molecular weight is 433 g/mol. The van der Waals surface area contributed by atoms with E-state index in [0.29, 0.717) is 0 Å². The summed E-state index contributed by atoms with van der Waals surface area (Å²) < 4.78 is 19.9. The summed E-state index contributed by atoms with van der Waals surface area (Å²) in [4.78, 5) is 11.3. The van der Waals surface area contributed by atoms with E-state index in [1.165, 1.54) is 19.1 Å². The summed E-state index contributed by atoms with van der Waals surface area (Å²) in [7, 11) is -5.61. The van der Waals surface area contributed by atoms with Crippen molar-refractivity contribution in [1.29, 1.82) is 0 Å². The van der Waals surface area contributed by atoms with Gasteiger partial charge >= 0.3 is 17.1 Å². The Kier molecular flexibility index (Phi) is 9.27. The van der Waals surface area contributed by atoms with E-state index in [1.807, 2.05) is 0 Å². The maximum Gasteiger partial charge on any atom is 0.335 e. The number of hydrogen-bond acceptors (Lipinski definition) is 6. The molecule has 1 aliphatic rings. The van der Waals surface area contributed by atoms with E-state index in [9.17, 15) is 15.0 Å². The standard InChI is InChI=1S/C20H40O6Si2/c1-13(2)27(14(3)4)24-12-19(23)20(18(22)11-10-17(9)21)25-28(26-27,15(5)6)16(7)8/h10-11,13-16,18-20,22-23H,12H2,1-9H3/b11-10+/t18-,19?,20?/m0/s1. The van der Waals surface area contributed by atoms with Crippen LogP contribution in [0.4, 0.5) is 0 Å². The van der Waals surface area contributed by atoms with Crippen molar-refractivity contribution in [2.24, 2.45) is 0 Å². The molecule has 0 aliphatic carbocycles. The quantitative estimate of drug-likeness (QED) is 0.470. The van der Waals surface area contributed by atoms with Gasteiger partial charge in [-0.1, -0.05) is 61.5 Å². The third-order valence-corrected chi connectivity index (χ3v) is 15.8. The molecule has 0 amide bonds. The molecule has 28 heavy (non-hydrogen) atoms. The van der Waals surface area contributed by atoms with Crippen LogP contribution in [-0.4, -0.2) is 58.0 Å². The minimum absolute atomic E-state index is 0.0406. The zero-order chi connectivity index (χ0) is 21.9. The average Bonchev–Trinajstić information content (AvgIpc) is 2.56. The highest BCUT2D eigenvalue weighted by Crippen LogP contribution is 2.46. The second kappa shape index (κ2) is 10.1. The van der Waals surface area contributed by atoms with Crippen LogP contribution in [0.1, 0.15) is 62.3 Å². The molecule has 0 bridgehead atoms. The molecule has 6 nitrogen and oxygen atoms in total. The highest BCUT2D eigenvalue weighted by Gasteiger charge is 2.59. The number of aliphatic hydroxyl groups is 2. The van der Waals surface area contributed by atoms with E-state index in [4.69, 9.17) is 13.0 Å². The Morgan fingerprint density at radius 2 is 1.43 bits per heavy atom. The smallest absolute Gasteiger partial charge is 0.335 e. The van der Waals surface area contributed by atoms with Crippen molar-refractivity contribution < 1.29 is 28.0 Å². The molecule has 8 heteroatoms. The maximum atomic E-state index is 11.3. The van der Waals surface area contributed by atoms with E-state index >= 15 is 0 Å². The van der Waals surface area contributed by atoms with E-state index in [2.05, 4.69) is 55.4 Å². The van der Waals surface area contributed by atoms with Crippen LogP contribution in [0.2, 0.25) is 22.2 Å². The fourth-order valence-electron chi connectivity index (χ4n) is 3.96. The Balaban J connectivity index is 3.47. The van der Waals surface area contributed by atoms with E-state index < -0.39 is 35.4 Å². The van der Waals surface area contributed by atoms with Crippen LogP contribution in [-0.2, 0) is 17.8 Å². The first-order chi connectivity index (χ1) is 12.8. The monoisotopic (exact) mass is 432 g/mol. The zero-order valence-corrected chi connectivity index (χ0v) is 20.9. The lowest BCUT2D eigenvalue weighted by Crippen LogP contribution is -2.66. The Hall–Kier alpha value is -0.356. The summed E-state index contributed by atoms with van der Waals surface area (Å²) in [5.74, 6) is -0.172. The van der Waals surface area contributed by atoms with Gasteiger partial charge in [-0.25, -0.2) is 0 Å². The summed E-state index contributed by atoms with van der Waals surface area (Å²) in [6.07, 6.45) is -0.352. The molecule has 2 N–H and O–H groups in total. The van der Waals surface area contributed by atoms with Crippen molar-refractivity contribution in [3.8, 4) is 0 Å². The predicted octanol–water partition coefficient (Wildman–Crippen LogP) is 3.81. The van der Waals surface area contributed by atoms with Crippen molar-refractivity contribution in [2.75, 3.05) is 6.61 Å². The van der Waals surface area contributed by atoms with Crippen LogP contribution in [0.3, 0.4) is 0 Å². The molecular weight excluding hydrogens is 392 g/mol. The number of allylic oxidation sites excluding steroid dienone is 1. The van der Waals surface area contributed by atoms with E-state index in [0.717, 1.165) is 0 Å². The molecular formula is C20H40O6Si2. The van der Waals surface area contributed by atoms with Crippen molar-refractivity contribution in [3.63, 3.8) is 0 Å². The minimum Gasteiger partial charge on any atom is -0.414 e. The van der Waals surface area contributed by atoms with Gasteiger partial charge in [0.05, 0.1) is 6.61 Å². The van der Waals surface area contributed by atoms with E-state index in [-0.39, 0.29) is 34.6 Å². The Bertz CT molecular complexity index is 531. The van der Waals surface area contributed by atoms with Gasteiger partial charge in [0.2, 0.25) is 0 Å². The lowest BCUT2D eigenvalue weighted by atomic mass is 10.1. The van der Waals surface area contributed by atoms with E-state index in [1.54, 1.807) is 0 Å². The normalized spacial score (nSPS) is 26.8. The number of carbonyl (C=O) groups excluding carboxylic acids is 1. The third-order valence-electron chi connectivity index (χ3n) is 5.58. The largest absolute Gasteiger partial charge is 0.414 e. The fourth-order valence-corrected chi connectivity index (χ4v) is 15.2. The molecule has 3 atom stereocenters. The van der Waals surface area contributed by atoms with Crippen molar-refractivity contribution in [3.05, 3.63) is 12.2 Å². The molecule has 0 aromatic heterocycles. The number of aliphatic hydroxyl groups excluding tert-OH is 2. The van der Waals surface area contributed by atoms with Crippen LogP contribution >= 0.6 is 0 Å². The van der Waals surface area contributed by atoms with Gasteiger partial charge in [0.1, 0.15) is 18.3 Å². The lowest BCUT2D eigenvalue weighted by Gasteiger charge is -2.52. The van der Waals surface area contributed by atoms with Crippen LogP contribution in [0.15, 0.2) is 12.2 Å². The van der Waals surface area contributed by atoms with Gasteiger partial charge in [0.25, 0.3) is 0 Å². The molecule has 1 heterocycles. The molecule has 0 aromatic rings. The summed E-state index contributed by atoms with van der Waals surface area (Å²) in [6.45, 7) is 18.2. The SMILES string of the molecule is CC(=O)/C=C/[C@H](O)C1O[Si](C(C)C)(C(C)C)O[Si](C(C)C)(C(C)C)OCC1O. The number of carbonyl (C=O) groups is 1. The van der Waals surface area contributed by atoms with Gasteiger partial charge in [-0.15, -0.1) is 0 Å². The molecule has 2 unspecified atom stereocenters. The molecule has 0 aromatic carbocycles. The molecule has 1 fully saturated rings. The highest BCUT2D eigenvalue weighted by atomic mass is 28.5. The van der Waals surface area contributed by atoms with Crippen LogP contribution in [0, 0.1) is 0 Å². The van der Waals surface area contributed by atoms with Gasteiger partial charge in [0, 0.05) is 0 Å². The van der Waals surface area contributed by atoms with Crippen molar-refractivity contribution >= 4 is 22.9 Å². The lowest BCUT2D eigenvalue weighted by molar-refractivity contribution is -0.112. The third kappa shape index (κ3) is 5.41. The Labute approximate surface area is 172 Å². The molecule has 1 saturated heterocycles. The summed E-state index contributed by atoms with van der Waals surface area (Å²) in [5, 5.41) is 21.5. The topological polar surface area (TPSA) is 85.2 Å². The summed E-state index contributed by atoms with van der Waals surface area (Å²) in [5.41, 5.74) is 0.563. The Morgan fingerprint density at radius 1 is 0.964 bits per heavy atom. The molecule has 1 aliphatic heterocycles. The van der Waals surface area contributed by atoms with Gasteiger partial charge in [0.15, 0.2) is 5.78 Å². The number of hydrogen-bond donors (Lipinski definition) is 2. The second-order valence-electron chi connectivity index (χ2n) is 9.08. The molecule has 1 rings (SSSR count). The van der Waals surface area contributed by atoms with Gasteiger partial charge in [-0.3, -0.25) is 4.79 Å². The van der Waals surface area contributed by atoms with Crippen LogP contribution in [0.25, 0.3) is 0 Å². The molecule has 0 saturated carbocycles. The number of rotatable bonds is 7. The summed E-state index contributed by atoms with van der Waals surface area (Å²) in [6, 6.07) is 0. The second-order valence-corrected chi connectivity index (χ2v) is 17.9. The van der Waals surface area contributed by atoms with Gasteiger partial charge in [-0.05, 0) is 35.2 Å². The Morgan fingerprint density at radius 3 is 1.82 bits per heavy atom. The number of ketones is 1. The first kappa shape index (κ1) is 25.7. The highest BCUT2D eigenvalue weighted by molar-refractivity contribution is 6.83. The van der Waals surface area contributed by atoms with Crippen molar-refractivity contribution in [2.45, 2.75) is 103 Å². The molecule has 0 spiro atoms. The van der Waals surface area contributed by atoms with Crippen LogP contribution < -0.4 is 0 Å². The maximum absolute atomic E-state index is 11.3. The van der Waals surface area contributed by atoms with Crippen molar-refractivity contribution in [1.82, 2.24) is 0 Å². The minimum atomic E-state index is -2.91. The first-order valence-corrected chi connectivity index (χ1v) is 14.3. The first-order valence-electron chi connectivity index (χ1n) is 10.4. The van der Waals surface area contributed by atoms with Gasteiger partial charge in [-0.2, -0.15) is 0 Å². The predicted molar refractivity (Wildman–Crippen MR) is 116 cm³/mol. The molecule has 0 radical (unpaired) electrons. The fraction of sp³-hybridized carbons (Fsp3) is 0.850. The summed E-state index contributed by atoms with van der Waals surface area (Å²) >= 11 is 0. The van der Waals surface area contributed by atoms with Gasteiger partial charge < -0.3 is 23.2 Å². The van der Waals surface area contributed by atoms with Crippen LogP contribution in [0.5, 0.6) is 0 Å².